The zero-order valence-electron chi connectivity index (χ0n) is 13.2. The van der Waals surface area contributed by atoms with Crippen molar-refractivity contribution in [1.29, 1.82) is 0 Å². The van der Waals surface area contributed by atoms with Gasteiger partial charge in [-0.25, -0.2) is 0 Å². The molecule has 1 aliphatic heterocycles. The lowest BCUT2D eigenvalue weighted by Gasteiger charge is -2.33. The Bertz CT molecular complexity index is 375. The quantitative estimate of drug-likeness (QED) is 0.747. The van der Waals surface area contributed by atoms with Gasteiger partial charge < -0.3 is 19.6 Å². The van der Waals surface area contributed by atoms with Crippen molar-refractivity contribution in [1.82, 2.24) is 19.6 Å². The average molecular weight is 296 g/mol. The Morgan fingerprint density at radius 2 is 2.10 bits per heavy atom. The van der Waals surface area contributed by atoms with E-state index in [1.807, 2.05) is 12.3 Å². The lowest BCUT2D eigenvalue weighted by Crippen LogP contribution is -2.42. The number of aliphatic hydroxyl groups is 1. The van der Waals surface area contributed by atoms with Gasteiger partial charge >= 0.3 is 0 Å². The summed E-state index contributed by atoms with van der Waals surface area (Å²) in [6, 6.07) is 1.88. The first-order valence-electron chi connectivity index (χ1n) is 7.77. The Morgan fingerprint density at radius 1 is 1.33 bits per heavy atom. The zero-order chi connectivity index (χ0) is 15.1. The topological polar surface area (TPSA) is 53.8 Å². The maximum atomic E-state index is 10.1. The molecule has 1 N–H and O–H groups in total. The Kier molecular flexibility index (Phi) is 6.63. The molecule has 0 bridgehead atoms. The van der Waals surface area contributed by atoms with Gasteiger partial charge in [-0.1, -0.05) is 0 Å². The van der Waals surface area contributed by atoms with Crippen LogP contribution in [0.2, 0.25) is 0 Å². The second-order valence-corrected chi connectivity index (χ2v) is 6.06. The van der Waals surface area contributed by atoms with Crippen LogP contribution in [0, 0.1) is 0 Å². The molecule has 0 radical (unpaired) electrons. The number of hydrogen-bond donors (Lipinski definition) is 1. The highest BCUT2D eigenvalue weighted by Gasteiger charge is 2.21. The van der Waals surface area contributed by atoms with Crippen LogP contribution in [0.15, 0.2) is 18.5 Å². The fraction of sp³-hybridized carbons (Fsp3) is 0.800. The number of nitrogens with zero attached hydrogens (tertiary/aromatic N) is 4. The molecule has 1 aliphatic rings. The zero-order valence-corrected chi connectivity index (χ0v) is 13.2. The fourth-order valence-corrected chi connectivity index (χ4v) is 2.64. The molecule has 0 spiro atoms. The Hall–Kier alpha value is -0.950. The molecule has 21 heavy (non-hydrogen) atoms. The van der Waals surface area contributed by atoms with Gasteiger partial charge in [0, 0.05) is 38.6 Å². The molecule has 1 aromatic heterocycles. The van der Waals surface area contributed by atoms with Crippen LogP contribution in [0.25, 0.3) is 0 Å². The van der Waals surface area contributed by atoms with Crippen LogP contribution in [0.3, 0.4) is 0 Å². The van der Waals surface area contributed by atoms with Crippen LogP contribution in [0.4, 0.5) is 0 Å². The van der Waals surface area contributed by atoms with Gasteiger partial charge in [-0.3, -0.25) is 4.68 Å². The van der Waals surface area contributed by atoms with Crippen molar-refractivity contribution >= 4 is 0 Å². The lowest BCUT2D eigenvalue weighted by atomic mass is 10.1. The van der Waals surface area contributed by atoms with Crippen molar-refractivity contribution in [3.05, 3.63) is 18.5 Å². The summed E-state index contributed by atoms with van der Waals surface area (Å²) in [5.41, 5.74) is 0. The Labute approximate surface area is 127 Å². The molecule has 120 valence electrons. The van der Waals surface area contributed by atoms with Crippen molar-refractivity contribution in [2.45, 2.75) is 31.6 Å². The van der Waals surface area contributed by atoms with Crippen LogP contribution < -0.4 is 0 Å². The summed E-state index contributed by atoms with van der Waals surface area (Å²) in [7, 11) is 4.12. The molecule has 6 nitrogen and oxygen atoms in total. The number of piperidine rings is 1. The highest BCUT2D eigenvalue weighted by molar-refractivity contribution is 4.80. The van der Waals surface area contributed by atoms with Gasteiger partial charge in [0.2, 0.25) is 0 Å². The molecule has 6 heteroatoms. The van der Waals surface area contributed by atoms with Crippen molar-refractivity contribution < 1.29 is 9.84 Å². The van der Waals surface area contributed by atoms with E-state index in [9.17, 15) is 5.11 Å². The predicted octanol–water partition coefficient (Wildman–Crippen LogP) is 0.287. The first-order valence-corrected chi connectivity index (χ1v) is 7.77. The molecule has 1 aromatic rings. The van der Waals surface area contributed by atoms with Crippen molar-refractivity contribution in [2.24, 2.45) is 0 Å². The van der Waals surface area contributed by atoms with Crippen LogP contribution in [0.1, 0.15) is 12.8 Å². The van der Waals surface area contributed by atoms with Crippen molar-refractivity contribution in [2.75, 3.05) is 46.9 Å². The number of hydrogen-bond acceptors (Lipinski definition) is 5. The third kappa shape index (κ3) is 6.13. The molecule has 0 saturated carbocycles. The van der Waals surface area contributed by atoms with E-state index < -0.39 is 0 Å². The van der Waals surface area contributed by atoms with E-state index in [0.29, 0.717) is 19.2 Å². The third-order valence-corrected chi connectivity index (χ3v) is 3.85. The van der Waals surface area contributed by atoms with Gasteiger partial charge in [0.25, 0.3) is 0 Å². The van der Waals surface area contributed by atoms with Gasteiger partial charge in [-0.15, -0.1) is 0 Å². The number of ether oxygens (including phenoxy) is 1. The van der Waals surface area contributed by atoms with E-state index in [4.69, 9.17) is 4.74 Å². The molecule has 0 aromatic carbocycles. The van der Waals surface area contributed by atoms with E-state index in [-0.39, 0.29) is 6.10 Å². The third-order valence-electron chi connectivity index (χ3n) is 3.85. The molecule has 0 aliphatic carbocycles. The second-order valence-electron chi connectivity index (χ2n) is 6.06. The van der Waals surface area contributed by atoms with Gasteiger partial charge in [0.15, 0.2) is 0 Å². The monoisotopic (exact) mass is 296 g/mol. The summed E-state index contributed by atoms with van der Waals surface area (Å²) in [5.74, 6) is 0. The molecule has 1 atom stereocenters. The van der Waals surface area contributed by atoms with Crippen molar-refractivity contribution in [3.8, 4) is 0 Å². The first-order chi connectivity index (χ1) is 10.1. The summed E-state index contributed by atoms with van der Waals surface area (Å²) in [4.78, 5) is 4.46. The number of rotatable bonds is 8. The SMILES string of the molecule is CN(C)CCOC1CCN(C[C@@H](O)Cn2cccn2)CC1. The average Bonchev–Trinajstić information content (AvgIpc) is 2.93. The van der Waals surface area contributed by atoms with Crippen LogP contribution in [0.5, 0.6) is 0 Å². The van der Waals surface area contributed by atoms with E-state index in [0.717, 1.165) is 39.1 Å². The van der Waals surface area contributed by atoms with Crippen LogP contribution >= 0.6 is 0 Å². The smallest absolute Gasteiger partial charge is 0.0862 e. The highest BCUT2D eigenvalue weighted by Crippen LogP contribution is 2.14. The Morgan fingerprint density at radius 3 is 2.71 bits per heavy atom. The van der Waals surface area contributed by atoms with Crippen LogP contribution in [-0.4, -0.2) is 83.8 Å². The van der Waals surface area contributed by atoms with Crippen molar-refractivity contribution in [3.63, 3.8) is 0 Å². The number of likely N-dealkylation sites (tertiary alicyclic amines) is 1. The van der Waals surface area contributed by atoms with Gasteiger partial charge in [0.05, 0.1) is 25.4 Å². The fourth-order valence-electron chi connectivity index (χ4n) is 2.64. The maximum absolute atomic E-state index is 10.1. The molecular weight excluding hydrogens is 268 g/mol. The molecule has 2 rings (SSSR count). The minimum Gasteiger partial charge on any atom is -0.390 e. The van der Waals surface area contributed by atoms with Gasteiger partial charge in [0.1, 0.15) is 0 Å². The highest BCUT2D eigenvalue weighted by atomic mass is 16.5. The molecule has 1 saturated heterocycles. The minimum absolute atomic E-state index is 0.365. The number of aromatic nitrogens is 2. The number of aliphatic hydroxyl groups excluding tert-OH is 1. The molecular formula is C15H28N4O2. The maximum Gasteiger partial charge on any atom is 0.0862 e. The summed E-state index contributed by atoms with van der Waals surface area (Å²) in [6.45, 7) is 5.06. The Balaban J connectivity index is 1.60. The number of likely N-dealkylation sites (N-methyl/N-ethyl adjacent to an activating group) is 1. The van der Waals surface area contributed by atoms with Gasteiger partial charge in [-0.05, 0) is 33.0 Å². The largest absolute Gasteiger partial charge is 0.390 e. The first kappa shape index (κ1) is 16.4. The number of β-amino-alcohol motifs (C(OH)–C–C–N with tert-alkyl or cyclic N) is 1. The summed E-state index contributed by atoms with van der Waals surface area (Å²) >= 11 is 0. The summed E-state index contributed by atoms with van der Waals surface area (Å²) in [5, 5.41) is 14.2. The van der Waals surface area contributed by atoms with E-state index in [1.54, 1.807) is 10.9 Å². The van der Waals surface area contributed by atoms with E-state index >= 15 is 0 Å². The van der Waals surface area contributed by atoms with Crippen LogP contribution in [-0.2, 0) is 11.3 Å². The van der Waals surface area contributed by atoms with Gasteiger partial charge in [-0.2, -0.15) is 5.10 Å². The molecule has 0 unspecified atom stereocenters. The second kappa shape index (κ2) is 8.48. The summed E-state index contributed by atoms with van der Waals surface area (Å²) in [6.07, 6.45) is 5.75. The molecule has 2 heterocycles. The van der Waals surface area contributed by atoms with E-state index in [2.05, 4.69) is 29.0 Å². The standard InChI is InChI=1S/C15H28N4O2/c1-17(2)10-11-21-15-4-8-18(9-5-15)12-14(20)13-19-7-3-6-16-19/h3,6-7,14-15,20H,4-5,8-13H2,1-2H3/t14-/m1/s1. The predicted molar refractivity (Wildman–Crippen MR) is 82.2 cm³/mol. The molecule has 1 fully saturated rings. The normalized spacial score (nSPS) is 19.2. The van der Waals surface area contributed by atoms with E-state index in [1.165, 1.54) is 0 Å². The molecule has 0 amide bonds. The summed E-state index contributed by atoms with van der Waals surface area (Å²) < 4.78 is 7.67. The minimum atomic E-state index is -0.365. The lowest BCUT2D eigenvalue weighted by molar-refractivity contribution is -0.00787.